The highest BCUT2D eigenvalue weighted by Crippen LogP contribution is 2.12. The molecule has 2 amide bonds. The predicted octanol–water partition coefficient (Wildman–Crippen LogP) is 3.81. The van der Waals surface area contributed by atoms with Gasteiger partial charge < -0.3 is 10.2 Å². The van der Waals surface area contributed by atoms with Crippen LogP contribution < -0.4 is 5.32 Å². The van der Waals surface area contributed by atoms with Gasteiger partial charge in [0.15, 0.2) is 0 Å². The second-order valence-electron chi connectivity index (χ2n) is 5.89. The Balaban J connectivity index is 1.89. The number of para-hydroxylation sites is 1. The second-order valence-corrected chi connectivity index (χ2v) is 5.89. The minimum atomic E-state index is -0.0433. The summed E-state index contributed by atoms with van der Waals surface area (Å²) in [6.07, 6.45) is 2.16. The number of benzene rings is 1. The van der Waals surface area contributed by atoms with E-state index in [4.69, 9.17) is 0 Å². The molecule has 1 aromatic carbocycles. The van der Waals surface area contributed by atoms with Crippen LogP contribution in [0, 0.1) is 5.92 Å². The van der Waals surface area contributed by atoms with E-state index in [1.807, 2.05) is 36.4 Å². The number of nitrogens with one attached hydrogen (secondary N) is 1. The molecule has 1 heterocycles. The van der Waals surface area contributed by atoms with Crippen LogP contribution in [0.3, 0.4) is 0 Å². The van der Waals surface area contributed by atoms with Crippen molar-refractivity contribution >= 4 is 16.9 Å². The fourth-order valence-electron chi connectivity index (χ4n) is 2.28. The number of hydrogen-bond donors (Lipinski definition) is 1. The standard InChI is InChI=1S/C18H25N3O/c1-4-14(2)11-12-19-18(22)21(3)13-16-10-9-15-7-5-6-8-17(15)20-16/h5-10,14H,4,11-13H2,1-3H3,(H,19,22)/t14-/m1/s1. The average Bonchev–Trinajstić information content (AvgIpc) is 2.54. The van der Waals surface area contributed by atoms with Gasteiger partial charge in [0.1, 0.15) is 0 Å². The summed E-state index contributed by atoms with van der Waals surface area (Å²) in [6, 6.07) is 12.0. The smallest absolute Gasteiger partial charge is 0.317 e. The van der Waals surface area contributed by atoms with Gasteiger partial charge in [-0.15, -0.1) is 0 Å². The summed E-state index contributed by atoms with van der Waals surface area (Å²) in [7, 11) is 1.80. The van der Waals surface area contributed by atoms with Crippen LogP contribution in [0.5, 0.6) is 0 Å². The summed E-state index contributed by atoms with van der Waals surface area (Å²) >= 11 is 0. The van der Waals surface area contributed by atoms with E-state index in [0.29, 0.717) is 12.5 Å². The molecule has 118 valence electrons. The predicted molar refractivity (Wildman–Crippen MR) is 90.7 cm³/mol. The third-order valence-electron chi connectivity index (χ3n) is 4.01. The van der Waals surface area contributed by atoms with Crippen LogP contribution in [0.4, 0.5) is 4.79 Å². The number of urea groups is 1. The molecule has 1 N–H and O–H groups in total. The molecule has 1 aromatic heterocycles. The first-order valence-electron chi connectivity index (χ1n) is 7.93. The number of hydrogen-bond acceptors (Lipinski definition) is 2. The first kappa shape index (κ1) is 16.3. The van der Waals surface area contributed by atoms with E-state index in [0.717, 1.165) is 36.0 Å². The number of fused-ring (bicyclic) bond motifs is 1. The van der Waals surface area contributed by atoms with Crippen molar-refractivity contribution in [2.45, 2.75) is 33.2 Å². The highest BCUT2D eigenvalue weighted by atomic mass is 16.2. The van der Waals surface area contributed by atoms with E-state index in [2.05, 4.69) is 24.1 Å². The van der Waals surface area contributed by atoms with Gasteiger partial charge in [-0.1, -0.05) is 44.5 Å². The number of carbonyl (C=O) groups excluding carboxylic acids is 1. The minimum Gasteiger partial charge on any atom is -0.338 e. The van der Waals surface area contributed by atoms with Gasteiger partial charge in [-0.3, -0.25) is 4.98 Å². The van der Waals surface area contributed by atoms with Crippen LogP contribution in [0.25, 0.3) is 10.9 Å². The van der Waals surface area contributed by atoms with Gasteiger partial charge in [-0.25, -0.2) is 4.79 Å². The van der Waals surface area contributed by atoms with Crippen LogP contribution in [0.2, 0.25) is 0 Å². The molecule has 0 saturated carbocycles. The molecule has 0 fully saturated rings. The third kappa shape index (κ3) is 4.45. The Morgan fingerprint density at radius 2 is 2.05 bits per heavy atom. The normalized spacial score (nSPS) is 12.1. The molecule has 0 bridgehead atoms. The molecule has 0 aliphatic heterocycles. The van der Waals surface area contributed by atoms with Crippen molar-refractivity contribution in [3.63, 3.8) is 0 Å². The Labute approximate surface area is 132 Å². The Bertz CT molecular complexity index is 627. The van der Waals surface area contributed by atoms with E-state index >= 15 is 0 Å². The lowest BCUT2D eigenvalue weighted by molar-refractivity contribution is 0.205. The molecule has 0 aliphatic carbocycles. The SMILES string of the molecule is CC[C@@H](C)CCNC(=O)N(C)Cc1ccc2ccccc2n1. The van der Waals surface area contributed by atoms with Gasteiger partial charge in [0.2, 0.25) is 0 Å². The topological polar surface area (TPSA) is 45.2 Å². The summed E-state index contributed by atoms with van der Waals surface area (Å²) in [5.41, 5.74) is 1.86. The van der Waals surface area contributed by atoms with Gasteiger partial charge in [-0.2, -0.15) is 0 Å². The first-order valence-corrected chi connectivity index (χ1v) is 7.93. The largest absolute Gasteiger partial charge is 0.338 e. The van der Waals surface area contributed by atoms with Gasteiger partial charge in [0.05, 0.1) is 17.8 Å². The number of pyridine rings is 1. The summed E-state index contributed by atoms with van der Waals surface area (Å²) in [5.74, 6) is 0.646. The van der Waals surface area contributed by atoms with Crippen LogP contribution >= 0.6 is 0 Å². The molecule has 0 saturated heterocycles. The number of amides is 2. The van der Waals surface area contributed by atoms with E-state index in [1.165, 1.54) is 0 Å². The monoisotopic (exact) mass is 299 g/mol. The molecule has 0 radical (unpaired) electrons. The van der Waals surface area contributed by atoms with Crippen molar-refractivity contribution < 1.29 is 4.79 Å². The Morgan fingerprint density at radius 3 is 2.82 bits per heavy atom. The summed E-state index contributed by atoms with van der Waals surface area (Å²) < 4.78 is 0. The highest BCUT2D eigenvalue weighted by molar-refractivity contribution is 5.78. The number of carbonyl (C=O) groups is 1. The van der Waals surface area contributed by atoms with Crippen molar-refractivity contribution in [3.05, 3.63) is 42.1 Å². The molecule has 2 aromatic rings. The summed E-state index contributed by atoms with van der Waals surface area (Å²) in [6.45, 7) is 5.61. The Kier molecular flexibility index (Phi) is 5.75. The average molecular weight is 299 g/mol. The van der Waals surface area contributed by atoms with Crippen molar-refractivity contribution in [2.24, 2.45) is 5.92 Å². The number of rotatable bonds is 6. The minimum absolute atomic E-state index is 0.0433. The van der Waals surface area contributed by atoms with Crippen LogP contribution in [0.1, 0.15) is 32.4 Å². The van der Waals surface area contributed by atoms with E-state index < -0.39 is 0 Å². The maximum atomic E-state index is 12.1. The second kappa shape index (κ2) is 7.78. The Hall–Kier alpha value is -2.10. The molecule has 4 heteroatoms. The quantitative estimate of drug-likeness (QED) is 0.881. The molecular weight excluding hydrogens is 274 g/mol. The molecule has 2 rings (SSSR count). The molecular formula is C18H25N3O. The van der Waals surface area contributed by atoms with Crippen LogP contribution in [-0.2, 0) is 6.54 Å². The Morgan fingerprint density at radius 1 is 1.27 bits per heavy atom. The lowest BCUT2D eigenvalue weighted by Gasteiger charge is -2.18. The molecule has 0 unspecified atom stereocenters. The van der Waals surface area contributed by atoms with Crippen LogP contribution in [0.15, 0.2) is 36.4 Å². The summed E-state index contributed by atoms with van der Waals surface area (Å²) in [5, 5.41) is 4.08. The van der Waals surface area contributed by atoms with Gasteiger partial charge in [-0.05, 0) is 24.5 Å². The van der Waals surface area contributed by atoms with Crippen molar-refractivity contribution in [3.8, 4) is 0 Å². The zero-order valence-corrected chi connectivity index (χ0v) is 13.7. The van der Waals surface area contributed by atoms with Crippen molar-refractivity contribution in [1.29, 1.82) is 0 Å². The third-order valence-corrected chi connectivity index (χ3v) is 4.01. The van der Waals surface area contributed by atoms with Gasteiger partial charge in [0, 0.05) is 19.0 Å². The molecule has 0 aliphatic rings. The molecule has 4 nitrogen and oxygen atoms in total. The first-order chi connectivity index (χ1) is 10.6. The van der Waals surface area contributed by atoms with Crippen molar-refractivity contribution in [1.82, 2.24) is 15.2 Å². The van der Waals surface area contributed by atoms with Gasteiger partial charge in [0.25, 0.3) is 0 Å². The maximum Gasteiger partial charge on any atom is 0.317 e. The zero-order valence-electron chi connectivity index (χ0n) is 13.7. The number of aromatic nitrogens is 1. The fourth-order valence-corrected chi connectivity index (χ4v) is 2.28. The summed E-state index contributed by atoms with van der Waals surface area (Å²) in [4.78, 5) is 18.3. The number of nitrogens with zero attached hydrogens (tertiary/aromatic N) is 2. The van der Waals surface area contributed by atoms with E-state index in [9.17, 15) is 4.79 Å². The van der Waals surface area contributed by atoms with Crippen LogP contribution in [-0.4, -0.2) is 29.5 Å². The fraction of sp³-hybridized carbons (Fsp3) is 0.444. The van der Waals surface area contributed by atoms with E-state index in [1.54, 1.807) is 11.9 Å². The molecule has 0 spiro atoms. The van der Waals surface area contributed by atoms with E-state index in [-0.39, 0.29) is 6.03 Å². The maximum absolute atomic E-state index is 12.1. The lowest BCUT2D eigenvalue weighted by Crippen LogP contribution is -2.37. The molecule has 1 atom stereocenters. The van der Waals surface area contributed by atoms with Crippen molar-refractivity contribution in [2.75, 3.05) is 13.6 Å². The zero-order chi connectivity index (χ0) is 15.9. The lowest BCUT2D eigenvalue weighted by atomic mass is 10.1. The highest BCUT2D eigenvalue weighted by Gasteiger charge is 2.10. The molecule has 22 heavy (non-hydrogen) atoms. The van der Waals surface area contributed by atoms with Gasteiger partial charge >= 0.3 is 6.03 Å².